The van der Waals surface area contributed by atoms with Crippen LogP contribution in [0.2, 0.25) is 0 Å². The highest BCUT2D eigenvalue weighted by Gasteiger charge is 2.09. The SMILES string of the molecule is Cc1ccccc1Cn1cc(CNC(C)(C)C)cn1. The zero-order chi connectivity index (χ0) is 13.9. The van der Waals surface area contributed by atoms with E-state index in [0.717, 1.165) is 13.1 Å². The van der Waals surface area contributed by atoms with E-state index >= 15 is 0 Å². The van der Waals surface area contributed by atoms with Crippen molar-refractivity contribution in [2.75, 3.05) is 0 Å². The Labute approximate surface area is 115 Å². The van der Waals surface area contributed by atoms with Crippen molar-refractivity contribution in [3.63, 3.8) is 0 Å². The summed E-state index contributed by atoms with van der Waals surface area (Å²) < 4.78 is 2.00. The molecule has 102 valence electrons. The number of nitrogens with one attached hydrogen (secondary N) is 1. The van der Waals surface area contributed by atoms with Crippen molar-refractivity contribution in [3.8, 4) is 0 Å². The number of benzene rings is 1. The third-order valence-electron chi connectivity index (χ3n) is 3.10. The predicted octanol–water partition coefficient (Wildman–Crippen LogP) is 3.13. The molecule has 0 saturated heterocycles. The van der Waals surface area contributed by atoms with E-state index in [1.807, 2.05) is 10.9 Å². The lowest BCUT2D eigenvalue weighted by molar-refractivity contribution is 0.424. The van der Waals surface area contributed by atoms with Gasteiger partial charge in [0, 0.05) is 23.8 Å². The van der Waals surface area contributed by atoms with Gasteiger partial charge in [0.1, 0.15) is 0 Å². The molecule has 1 N–H and O–H groups in total. The van der Waals surface area contributed by atoms with Crippen molar-refractivity contribution in [2.45, 2.75) is 46.3 Å². The fourth-order valence-corrected chi connectivity index (χ4v) is 1.91. The second-order valence-corrected chi connectivity index (χ2v) is 6.08. The Morgan fingerprint density at radius 2 is 1.95 bits per heavy atom. The van der Waals surface area contributed by atoms with Gasteiger partial charge in [0.05, 0.1) is 12.7 Å². The van der Waals surface area contributed by atoms with Gasteiger partial charge >= 0.3 is 0 Å². The standard InChI is InChI=1S/C16H23N3/c1-13-7-5-6-8-15(13)12-19-11-14(10-18-19)9-17-16(2,3)4/h5-8,10-11,17H,9,12H2,1-4H3. The molecule has 19 heavy (non-hydrogen) atoms. The van der Waals surface area contributed by atoms with Crippen molar-refractivity contribution < 1.29 is 0 Å². The maximum Gasteiger partial charge on any atom is 0.0662 e. The molecule has 1 aromatic carbocycles. The first-order chi connectivity index (χ1) is 8.94. The first kappa shape index (κ1) is 13.8. The molecule has 0 aliphatic heterocycles. The quantitative estimate of drug-likeness (QED) is 0.912. The third-order valence-corrected chi connectivity index (χ3v) is 3.10. The van der Waals surface area contributed by atoms with E-state index in [1.165, 1.54) is 16.7 Å². The fraction of sp³-hybridized carbons (Fsp3) is 0.438. The van der Waals surface area contributed by atoms with Crippen LogP contribution in [-0.2, 0) is 13.1 Å². The Morgan fingerprint density at radius 1 is 1.21 bits per heavy atom. The summed E-state index contributed by atoms with van der Waals surface area (Å²) in [6.45, 7) is 10.3. The van der Waals surface area contributed by atoms with Crippen LogP contribution in [0.4, 0.5) is 0 Å². The first-order valence-corrected chi connectivity index (χ1v) is 6.75. The lowest BCUT2D eigenvalue weighted by atomic mass is 10.1. The van der Waals surface area contributed by atoms with Crippen molar-refractivity contribution in [1.29, 1.82) is 0 Å². The molecule has 0 amide bonds. The number of hydrogen-bond donors (Lipinski definition) is 1. The average molecular weight is 257 g/mol. The molecule has 3 heteroatoms. The lowest BCUT2D eigenvalue weighted by Crippen LogP contribution is -2.34. The van der Waals surface area contributed by atoms with Crippen LogP contribution in [0.15, 0.2) is 36.7 Å². The molecule has 0 aliphatic carbocycles. The van der Waals surface area contributed by atoms with Crippen molar-refractivity contribution >= 4 is 0 Å². The number of aryl methyl sites for hydroxylation is 1. The van der Waals surface area contributed by atoms with E-state index in [4.69, 9.17) is 0 Å². The van der Waals surface area contributed by atoms with Gasteiger partial charge in [-0.05, 0) is 38.8 Å². The Bertz CT molecular complexity index is 535. The van der Waals surface area contributed by atoms with Gasteiger partial charge in [-0.2, -0.15) is 5.10 Å². The normalized spacial score (nSPS) is 11.8. The molecular formula is C16H23N3. The van der Waals surface area contributed by atoms with Crippen LogP contribution in [0.3, 0.4) is 0 Å². The van der Waals surface area contributed by atoms with Gasteiger partial charge in [-0.1, -0.05) is 24.3 Å². The van der Waals surface area contributed by atoms with Gasteiger partial charge in [-0.3, -0.25) is 4.68 Å². The Balaban J connectivity index is 2.00. The maximum absolute atomic E-state index is 4.43. The van der Waals surface area contributed by atoms with Gasteiger partial charge in [-0.25, -0.2) is 0 Å². The topological polar surface area (TPSA) is 29.9 Å². The molecule has 0 unspecified atom stereocenters. The summed E-state index contributed by atoms with van der Waals surface area (Å²) in [5.41, 5.74) is 4.00. The van der Waals surface area contributed by atoms with Crippen molar-refractivity contribution in [1.82, 2.24) is 15.1 Å². The number of aromatic nitrogens is 2. The van der Waals surface area contributed by atoms with Gasteiger partial charge in [0.15, 0.2) is 0 Å². The van der Waals surface area contributed by atoms with Crippen LogP contribution in [0.5, 0.6) is 0 Å². The maximum atomic E-state index is 4.43. The molecule has 0 saturated carbocycles. The molecule has 2 aromatic rings. The van der Waals surface area contributed by atoms with Gasteiger partial charge < -0.3 is 5.32 Å². The minimum atomic E-state index is 0.137. The summed E-state index contributed by atoms with van der Waals surface area (Å²) in [7, 11) is 0. The van der Waals surface area contributed by atoms with E-state index in [-0.39, 0.29) is 5.54 Å². The highest BCUT2D eigenvalue weighted by molar-refractivity contribution is 5.25. The molecule has 0 bridgehead atoms. The largest absolute Gasteiger partial charge is 0.308 e. The monoisotopic (exact) mass is 257 g/mol. The molecule has 1 aromatic heterocycles. The molecule has 0 atom stereocenters. The summed E-state index contributed by atoms with van der Waals surface area (Å²) >= 11 is 0. The molecule has 0 radical (unpaired) electrons. The third kappa shape index (κ3) is 4.21. The van der Waals surface area contributed by atoms with E-state index < -0.39 is 0 Å². The summed E-state index contributed by atoms with van der Waals surface area (Å²) in [5.74, 6) is 0. The number of hydrogen-bond acceptors (Lipinski definition) is 2. The molecule has 2 rings (SSSR count). The Kier molecular flexibility index (Phi) is 4.05. The minimum Gasteiger partial charge on any atom is -0.308 e. The minimum absolute atomic E-state index is 0.137. The summed E-state index contributed by atoms with van der Waals surface area (Å²) in [5, 5.41) is 7.90. The van der Waals surface area contributed by atoms with Crippen LogP contribution in [0.25, 0.3) is 0 Å². The molecule has 3 nitrogen and oxygen atoms in total. The predicted molar refractivity (Wildman–Crippen MR) is 79.1 cm³/mol. The highest BCUT2D eigenvalue weighted by atomic mass is 15.3. The number of nitrogens with zero attached hydrogens (tertiary/aromatic N) is 2. The molecule has 0 aliphatic rings. The summed E-state index contributed by atoms with van der Waals surface area (Å²) in [4.78, 5) is 0. The summed E-state index contributed by atoms with van der Waals surface area (Å²) in [6, 6.07) is 8.44. The van der Waals surface area contributed by atoms with E-state index in [1.54, 1.807) is 0 Å². The smallest absolute Gasteiger partial charge is 0.0662 e. The van der Waals surface area contributed by atoms with Crippen LogP contribution >= 0.6 is 0 Å². The molecule has 0 spiro atoms. The second kappa shape index (κ2) is 5.57. The second-order valence-electron chi connectivity index (χ2n) is 6.08. The fourth-order valence-electron chi connectivity index (χ4n) is 1.91. The molecule has 0 fully saturated rings. The zero-order valence-electron chi connectivity index (χ0n) is 12.3. The zero-order valence-corrected chi connectivity index (χ0v) is 12.3. The van der Waals surface area contributed by atoms with Crippen molar-refractivity contribution in [2.24, 2.45) is 0 Å². The van der Waals surface area contributed by atoms with E-state index in [9.17, 15) is 0 Å². The molecular weight excluding hydrogens is 234 g/mol. The first-order valence-electron chi connectivity index (χ1n) is 6.75. The van der Waals surface area contributed by atoms with Crippen LogP contribution in [0, 0.1) is 6.92 Å². The van der Waals surface area contributed by atoms with Crippen molar-refractivity contribution in [3.05, 3.63) is 53.3 Å². The van der Waals surface area contributed by atoms with Crippen LogP contribution in [0.1, 0.15) is 37.5 Å². The molecule has 1 heterocycles. The van der Waals surface area contributed by atoms with E-state index in [2.05, 4.69) is 68.6 Å². The van der Waals surface area contributed by atoms with E-state index in [0.29, 0.717) is 0 Å². The lowest BCUT2D eigenvalue weighted by Gasteiger charge is -2.19. The summed E-state index contributed by atoms with van der Waals surface area (Å²) in [6.07, 6.45) is 4.06. The van der Waals surface area contributed by atoms with Crippen LogP contribution in [-0.4, -0.2) is 15.3 Å². The Hall–Kier alpha value is -1.61. The number of rotatable bonds is 4. The van der Waals surface area contributed by atoms with Gasteiger partial charge in [0.2, 0.25) is 0 Å². The van der Waals surface area contributed by atoms with Gasteiger partial charge in [0.25, 0.3) is 0 Å². The Morgan fingerprint density at radius 3 is 2.63 bits per heavy atom. The van der Waals surface area contributed by atoms with Crippen LogP contribution < -0.4 is 5.32 Å². The average Bonchev–Trinajstić information content (AvgIpc) is 2.77. The van der Waals surface area contributed by atoms with Gasteiger partial charge in [-0.15, -0.1) is 0 Å². The highest BCUT2D eigenvalue weighted by Crippen LogP contribution is 2.10.